The summed E-state index contributed by atoms with van der Waals surface area (Å²) in [4.78, 5) is 18.5. The lowest BCUT2D eigenvalue weighted by Gasteiger charge is -2.24. The Balaban J connectivity index is 1.41. The van der Waals surface area contributed by atoms with Crippen LogP contribution in [0.4, 0.5) is 5.69 Å². The molecule has 3 heterocycles. The van der Waals surface area contributed by atoms with E-state index in [1.54, 1.807) is 24.3 Å². The Bertz CT molecular complexity index is 1120. The second-order valence-corrected chi connectivity index (χ2v) is 10.5. The number of carbonyl (C=O) groups excluding carboxylic acids is 1. The van der Waals surface area contributed by atoms with Crippen LogP contribution in [0, 0.1) is 0 Å². The SMILES string of the molecule is O=C(COc1ccccc1)N=C1S[C@H]2CS(=O)(=O)C[C@H]2N1c1ccc2c(c1)OCO2. The molecule has 2 atom stereocenters. The third-order valence-corrected chi connectivity index (χ3v) is 8.24. The normalized spacial score (nSPS) is 24.8. The van der Waals surface area contributed by atoms with E-state index in [1.165, 1.54) is 11.8 Å². The second-order valence-electron chi connectivity index (χ2n) is 7.10. The van der Waals surface area contributed by atoms with Gasteiger partial charge in [0.25, 0.3) is 5.91 Å². The number of hydrogen-bond acceptors (Lipinski definition) is 7. The van der Waals surface area contributed by atoms with Crippen molar-refractivity contribution in [3.8, 4) is 17.2 Å². The number of amides is 1. The standard InChI is InChI=1S/C20H18N2O6S2/c23-19(9-26-14-4-2-1-3-5-14)21-20-22(15-10-30(24,25)11-18(15)29-20)13-6-7-16-17(8-13)28-12-27-16/h1-8,15,18H,9-12H2/t15-,18+/m1/s1. The number of benzene rings is 2. The van der Waals surface area contributed by atoms with E-state index in [9.17, 15) is 13.2 Å². The van der Waals surface area contributed by atoms with Gasteiger partial charge in [0.2, 0.25) is 6.79 Å². The molecule has 0 unspecified atom stereocenters. The number of carbonyl (C=O) groups is 1. The summed E-state index contributed by atoms with van der Waals surface area (Å²) in [5.41, 5.74) is 0.715. The van der Waals surface area contributed by atoms with E-state index in [-0.39, 0.29) is 36.2 Å². The third-order valence-electron chi connectivity index (χ3n) is 5.03. The fourth-order valence-electron chi connectivity index (χ4n) is 3.70. The number of fused-ring (bicyclic) bond motifs is 2. The van der Waals surface area contributed by atoms with Gasteiger partial charge >= 0.3 is 0 Å². The number of aliphatic imine (C=N–C) groups is 1. The van der Waals surface area contributed by atoms with Gasteiger partial charge in [0.1, 0.15) is 5.75 Å². The molecule has 2 aromatic rings. The molecule has 1 amide bonds. The molecule has 30 heavy (non-hydrogen) atoms. The van der Waals surface area contributed by atoms with Crippen molar-refractivity contribution in [3.05, 3.63) is 48.5 Å². The minimum atomic E-state index is -3.14. The highest BCUT2D eigenvalue weighted by atomic mass is 32.2. The van der Waals surface area contributed by atoms with Crippen molar-refractivity contribution in [3.63, 3.8) is 0 Å². The summed E-state index contributed by atoms with van der Waals surface area (Å²) in [5, 5.41) is 0.294. The van der Waals surface area contributed by atoms with Crippen LogP contribution in [-0.2, 0) is 14.6 Å². The molecule has 8 nitrogen and oxygen atoms in total. The van der Waals surface area contributed by atoms with Crippen LogP contribution in [0.3, 0.4) is 0 Å². The lowest BCUT2D eigenvalue weighted by Crippen LogP contribution is -2.37. The molecule has 0 aromatic heterocycles. The molecule has 2 saturated heterocycles. The molecule has 10 heteroatoms. The van der Waals surface area contributed by atoms with Crippen LogP contribution < -0.4 is 19.1 Å². The number of nitrogens with zero attached hydrogens (tertiary/aromatic N) is 2. The Kier molecular flexibility index (Phi) is 4.82. The van der Waals surface area contributed by atoms with Crippen LogP contribution in [0.2, 0.25) is 0 Å². The van der Waals surface area contributed by atoms with E-state index in [0.29, 0.717) is 28.1 Å². The maximum absolute atomic E-state index is 12.5. The van der Waals surface area contributed by atoms with Gasteiger partial charge in [-0.3, -0.25) is 4.79 Å². The van der Waals surface area contributed by atoms with Crippen molar-refractivity contribution in [2.45, 2.75) is 11.3 Å². The summed E-state index contributed by atoms with van der Waals surface area (Å²) in [6, 6.07) is 14.1. The van der Waals surface area contributed by atoms with Gasteiger partial charge in [0, 0.05) is 17.0 Å². The predicted molar refractivity (Wildman–Crippen MR) is 113 cm³/mol. The minimum absolute atomic E-state index is 0.0207. The van der Waals surface area contributed by atoms with Crippen molar-refractivity contribution < 1.29 is 27.4 Å². The zero-order valence-corrected chi connectivity index (χ0v) is 17.4. The number of rotatable bonds is 4. The van der Waals surface area contributed by atoms with Gasteiger partial charge in [0.15, 0.2) is 33.1 Å². The first kappa shape index (κ1) is 19.3. The summed E-state index contributed by atoms with van der Waals surface area (Å²) >= 11 is 1.32. The fraction of sp³-hybridized carbons (Fsp3) is 0.300. The zero-order chi connectivity index (χ0) is 20.7. The zero-order valence-electron chi connectivity index (χ0n) is 15.8. The van der Waals surface area contributed by atoms with Crippen LogP contribution in [-0.4, -0.2) is 55.7 Å². The number of hydrogen-bond donors (Lipinski definition) is 0. The van der Waals surface area contributed by atoms with Crippen LogP contribution >= 0.6 is 11.8 Å². The van der Waals surface area contributed by atoms with E-state index >= 15 is 0 Å². The number of thioether (sulfide) groups is 1. The van der Waals surface area contributed by atoms with Gasteiger partial charge in [-0.2, -0.15) is 4.99 Å². The maximum Gasteiger partial charge on any atom is 0.285 e. The maximum atomic E-state index is 12.5. The highest BCUT2D eigenvalue weighted by Crippen LogP contribution is 2.43. The number of sulfone groups is 1. The highest BCUT2D eigenvalue weighted by molar-refractivity contribution is 8.16. The Morgan fingerprint density at radius 2 is 1.93 bits per heavy atom. The first-order valence-corrected chi connectivity index (χ1v) is 12.0. The lowest BCUT2D eigenvalue weighted by atomic mass is 10.2. The van der Waals surface area contributed by atoms with Crippen LogP contribution in [0.15, 0.2) is 53.5 Å². The summed E-state index contributed by atoms with van der Waals surface area (Å²) in [6.45, 7) is -0.0547. The van der Waals surface area contributed by atoms with Crippen molar-refractivity contribution in [1.82, 2.24) is 0 Å². The summed E-state index contributed by atoms with van der Waals surface area (Å²) in [7, 11) is -3.14. The minimum Gasteiger partial charge on any atom is -0.484 e. The molecule has 2 aromatic carbocycles. The Morgan fingerprint density at radius 1 is 1.13 bits per heavy atom. The van der Waals surface area contributed by atoms with Gasteiger partial charge < -0.3 is 19.1 Å². The van der Waals surface area contributed by atoms with E-state index in [4.69, 9.17) is 14.2 Å². The van der Waals surface area contributed by atoms with Gasteiger partial charge in [-0.15, -0.1) is 0 Å². The number of ether oxygens (including phenoxy) is 3. The summed E-state index contributed by atoms with van der Waals surface area (Å²) < 4.78 is 40.7. The van der Waals surface area contributed by atoms with Gasteiger partial charge in [0.05, 0.1) is 17.5 Å². The molecule has 0 saturated carbocycles. The second kappa shape index (κ2) is 7.51. The van der Waals surface area contributed by atoms with Crippen molar-refractivity contribution >= 4 is 38.4 Å². The molecule has 5 rings (SSSR count). The van der Waals surface area contributed by atoms with Crippen LogP contribution in [0.5, 0.6) is 17.2 Å². The Hall–Kier alpha value is -2.72. The molecule has 0 radical (unpaired) electrons. The molecule has 3 aliphatic rings. The van der Waals surface area contributed by atoms with E-state index in [0.717, 1.165) is 0 Å². The fourth-order valence-corrected chi connectivity index (χ4v) is 7.63. The van der Waals surface area contributed by atoms with E-state index in [2.05, 4.69) is 4.99 Å². The predicted octanol–water partition coefficient (Wildman–Crippen LogP) is 2.10. The first-order valence-electron chi connectivity index (χ1n) is 9.34. The monoisotopic (exact) mass is 446 g/mol. The molecule has 0 N–H and O–H groups in total. The molecule has 3 aliphatic heterocycles. The van der Waals surface area contributed by atoms with Crippen LogP contribution in [0.1, 0.15) is 0 Å². The third kappa shape index (κ3) is 3.72. The van der Waals surface area contributed by atoms with Crippen molar-refractivity contribution in [2.75, 3.05) is 29.8 Å². The Labute approximate surface area is 177 Å². The quantitative estimate of drug-likeness (QED) is 0.705. The van der Waals surface area contributed by atoms with E-state index < -0.39 is 15.7 Å². The molecule has 2 fully saturated rings. The van der Waals surface area contributed by atoms with Gasteiger partial charge in [-0.1, -0.05) is 30.0 Å². The summed E-state index contributed by atoms with van der Waals surface area (Å²) in [5.74, 6) is 1.45. The average molecular weight is 447 g/mol. The largest absolute Gasteiger partial charge is 0.484 e. The number of para-hydroxylation sites is 1. The van der Waals surface area contributed by atoms with Crippen molar-refractivity contribution in [2.24, 2.45) is 4.99 Å². The molecular formula is C20H18N2O6S2. The lowest BCUT2D eigenvalue weighted by molar-refractivity contribution is -0.119. The molecular weight excluding hydrogens is 428 g/mol. The van der Waals surface area contributed by atoms with Crippen molar-refractivity contribution in [1.29, 1.82) is 0 Å². The molecule has 0 aliphatic carbocycles. The van der Waals surface area contributed by atoms with Gasteiger partial charge in [-0.05, 0) is 24.3 Å². The molecule has 156 valence electrons. The topological polar surface area (TPSA) is 94.5 Å². The van der Waals surface area contributed by atoms with E-state index in [1.807, 2.05) is 29.2 Å². The smallest absolute Gasteiger partial charge is 0.285 e. The first-order chi connectivity index (χ1) is 14.5. The Morgan fingerprint density at radius 3 is 2.77 bits per heavy atom. The van der Waals surface area contributed by atoms with Crippen LogP contribution in [0.25, 0.3) is 0 Å². The number of anilines is 1. The number of amidine groups is 1. The molecule has 0 spiro atoms. The molecule has 0 bridgehead atoms. The summed E-state index contributed by atoms with van der Waals surface area (Å²) in [6.07, 6.45) is 0. The average Bonchev–Trinajstić information content (AvgIpc) is 3.38. The van der Waals surface area contributed by atoms with Gasteiger partial charge in [-0.25, -0.2) is 8.42 Å². The highest BCUT2D eigenvalue weighted by Gasteiger charge is 2.49.